The zero-order chi connectivity index (χ0) is 18.0. The van der Waals surface area contributed by atoms with E-state index < -0.39 is 0 Å². The van der Waals surface area contributed by atoms with E-state index >= 15 is 0 Å². The molecule has 1 aliphatic heterocycles. The molecular weight excluding hydrogens is 312 g/mol. The van der Waals surface area contributed by atoms with E-state index in [2.05, 4.69) is 26.8 Å². The Morgan fingerprint density at radius 1 is 1.20 bits per heavy atom. The van der Waals surface area contributed by atoms with E-state index in [1.807, 2.05) is 43.3 Å². The molecule has 3 nitrogen and oxygen atoms in total. The molecule has 1 unspecified atom stereocenters. The number of allylic oxidation sites excluding steroid dienone is 5. The molecule has 1 aromatic carbocycles. The predicted molar refractivity (Wildman–Crippen MR) is 99.0 cm³/mol. The highest BCUT2D eigenvalue weighted by Gasteiger charge is 2.46. The first-order chi connectivity index (χ1) is 11.9. The lowest BCUT2D eigenvalue weighted by atomic mass is 9.70. The third kappa shape index (κ3) is 3.68. The zero-order valence-corrected chi connectivity index (χ0v) is 15.4. The Kier molecular flexibility index (Phi) is 5.07. The van der Waals surface area contributed by atoms with Crippen LogP contribution >= 0.6 is 0 Å². The Bertz CT molecular complexity index is 725. The van der Waals surface area contributed by atoms with Gasteiger partial charge in [0.25, 0.3) is 0 Å². The van der Waals surface area contributed by atoms with Crippen LogP contribution in [0.5, 0.6) is 0 Å². The van der Waals surface area contributed by atoms with Crippen molar-refractivity contribution in [3.05, 3.63) is 70.8 Å². The van der Waals surface area contributed by atoms with E-state index in [1.165, 1.54) is 11.1 Å². The van der Waals surface area contributed by atoms with Gasteiger partial charge in [0, 0.05) is 5.56 Å². The summed E-state index contributed by atoms with van der Waals surface area (Å²) in [7, 11) is 0. The number of carbonyl (C=O) groups excluding carboxylic acids is 1. The smallest absolute Gasteiger partial charge is 0.185 e. The average Bonchev–Trinajstić information content (AvgIpc) is 2.98. The van der Waals surface area contributed by atoms with Crippen molar-refractivity contribution in [2.75, 3.05) is 0 Å². The second-order valence-corrected chi connectivity index (χ2v) is 7.54. The van der Waals surface area contributed by atoms with Gasteiger partial charge in [-0.2, -0.15) is 0 Å². The minimum atomic E-state index is -0.304. The SMILES string of the molecule is CC1=C(/C=C/C(C)=C/C=O)C(C)(C)C[C@@H]2OC(c3ccccc3)O[C@H]12. The predicted octanol–water partition coefficient (Wildman–Crippen LogP) is 4.92. The fraction of sp³-hybridized carbons (Fsp3) is 0.409. The van der Waals surface area contributed by atoms with E-state index in [0.29, 0.717) is 0 Å². The second kappa shape index (κ2) is 7.11. The number of benzene rings is 1. The van der Waals surface area contributed by atoms with Crippen LogP contribution in [0.2, 0.25) is 0 Å². The van der Waals surface area contributed by atoms with Crippen molar-refractivity contribution >= 4 is 6.29 Å². The van der Waals surface area contributed by atoms with E-state index in [4.69, 9.17) is 9.47 Å². The van der Waals surface area contributed by atoms with Crippen molar-refractivity contribution in [3.8, 4) is 0 Å². The summed E-state index contributed by atoms with van der Waals surface area (Å²) in [6.07, 6.45) is 7.18. The van der Waals surface area contributed by atoms with Gasteiger partial charge >= 0.3 is 0 Å². The monoisotopic (exact) mass is 338 g/mol. The third-order valence-electron chi connectivity index (χ3n) is 5.11. The first kappa shape index (κ1) is 17.8. The largest absolute Gasteiger partial charge is 0.342 e. The molecule has 0 radical (unpaired) electrons. The summed E-state index contributed by atoms with van der Waals surface area (Å²) in [6.45, 7) is 8.54. The lowest BCUT2D eigenvalue weighted by Crippen LogP contribution is -2.37. The van der Waals surface area contributed by atoms with Gasteiger partial charge in [0.1, 0.15) is 12.4 Å². The molecule has 1 aliphatic carbocycles. The van der Waals surface area contributed by atoms with E-state index in [9.17, 15) is 4.79 Å². The first-order valence-corrected chi connectivity index (χ1v) is 8.79. The molecule has 0 amide bonds. The first-order valence-electron chi connectivity index (χ1n) is 8.79. The fourth-order valence-corrected chi connectivity index (χ4v) is 3.82. The van der Waals surface area contributed by atoms with E-state index in [0.717, 1.165) is 23.8 Å². The van der Waals surface area contributed by atoms with Crippen molar-refractivity contribution < 1.29 is 14.3 Å². The van der Waals surface area contributed by atoms with Gasteiger partial charge in [-0.3, -0.25) is 4.79 Å². The maximum absolute atomic E-state index is 10.6. The van der Waals surface area contributed by atoms with Crippen LogP contribution in [-0.2, 0) is 14.3 Å². The third-order valence-corrected chi connectivity index (χ3v) is 5.11. The highest BCUT2D eigenvalue weighted by molar-refractivity contribution is 5.67. The maximum Gasteiger partial charge on any atom is 0.185 e. The van der Waals surface area contributed by atoms with Gasteiger partial charge in [-0.1, -0.05) is 56.3 Å². The number of hydrogen-bond donors (Lipinski definition) is 0. The summed E-state index contributed by atoms with van der Waals surface area (Å²) in [5.74, 6) is 0. The van der Waals surface area contributed by atoms with Crippen molar-refractivity contribution in [1.29, 1.82) is 0 Å². The van der Waals surface area contributed by atoms with Crippen LogP contribution < -0.4 is 0 Å². The fourth-order valence-electron chi connectivity index (χ4n) is 3.82. The highest BCUT2D eigenvalue weighted by atomic mass is 16.7. The molecular formula is C22H26O3. The molecule has 3 heteroatoms. The molecule has 0 bridgehead atoms. The number of ether oxygens (including phenoxy) is 2. The van der Waals surface area contributed by atoms with Gasteiger partial charge in [-0.25, -0.2) is 0 Å². The molecule has 1 heterocycles. The quantitative estimate of drug-likeness (QED) is 0.444. The molecule has 0 saturated carbocycles. The van der Waals surface area contributed by atoms with Crippen molar-refractivity contribution in [2.24, 2.45) is 5.41 Å². The molecule has 3 atom stereocenters. The van der Waals surface area contributed by atoms with Crippen LogP contribution in [0.25, 0.3) is 0 Å². The van der Waals surface area contributed by atoms with Crippen LogP contribution in [0.1, 0.15) is 46.0 Å². The molecule has 0 aromatic heterocycles. The Balaban J connectivity index is 1.88. The van der Waals surface area contributed by atoms with Crippen LogP contribution in [0, 0.1) is 5.41 Å². The van der Waals surface area contributed by atoms with Gasteiger partial charge in [0.15, 0.2) is 6.29 Å². The van der Waals surface area contributed by atoms with Crippen molar-refractivity contribution in [3.63, 3.8) is 0 Å². The second-order valence-electron chi connectivity index (χ2n) is 7.54. The normalized spacial score (nSPS) is 29.1. The molecule has 1 fully saturated rings. The Labute approximate surface area is 150 Å². The lowest BCUT2D eigenvalue weighted by Gasteiger charge is -2.38. The molecule has 1 aromatic rings. The molecule has 25 heavy (non-hydrogen) atoms. The van der Waals surface area contributed by atoms with Gasteiger partial charge < -0.3 is 9.47 Å². The van der Waals surface area contributed by atoms with Gasteiger partial charge in [0.05, 0.1) is 6.10 Å². The number of rotatable bonds is 4. The maximum atomic E-state index is 10.6. The number of carbonyl (C=O) groups is 1. The molecule has 0 N–H and O–H groups in total. The molecule has 0 spiro atoms. The van der Waals surface area contributed by atoms with Crippen LogP contribution in [0.15, 0.2) is 65.3 Å². The summed E-state index contributed by atoms with van der Waals surface area (Å²) in [5.41, 5.74) is 4.49. The van der Waals surface area contributed by atoms with Crippen molar-refractivity contribution in [2.45, 2.75) is 52.6 Å². The number of hydrogen-bond acceptors (Lipinski definition) is 3. The van der Waals surface area contributed by atoms with Crippen LogP contribution in [0.3, 0.4) is 0 Å². The Morgan fingerprint density at radius 3 is 2.60 bits per heavy atom. The van der Waals surface area contributed by atoms with Gasteiger partial charge in [-0.05, 0) is 48.5 Å². The van der Waals surface area contributed by atoms with Gasteiger partial charge in [-0.15, -0.1) is 0 Å². The minimum Gasteiger partial charge on any atom is -0.342 e. The summed E-state index contributed by atoms with van der Waals surface area (Å²) in [6, 6.07) is 10.1. The van der Waals surface area contributed by atoms with Gasteiger partial charge in [0.2, 0.25) is 0 Å². The minimum absolute atomic E-state index is 0.00184. The molecule has 1 saturated heterocycles. The summed E-state index contributed by atoms with van der Waals surface area (Å²) < 4.78 is 12.5. The summed E-state index contributed by atoms with van der Waals surface area (Å²) in [5, 5.41) is 0. The number of fused-ring (bicyclic) bond motifs is 1. The average molecular weight is 338 g/mol. The lowest BCUT2D eigenvalue weighted by molar-refractivity contribution is -0.104. The zero-order valence-electron chi connectivity index (χ0n) is 15.4. The Morgan fingerprint density at radius 2 is 1.92 bits per heavy atom. The van der Waals surface area contributed by atoms with Crippen molar-refractivity contribution in [1.82, 2.24) is 0 Å². The van der Waals surface area contributed by atoms with Crippen LogP contribution in [-0.4, -0.2) is 18.5 Å². The van der Waals surface area contributed by atoms with Crippen LogP contribution in [0.4, 0.5) is 0 Å². The summed E-state index contributed by atoms with van der Waals surface area (Å²) >= 11 is 0. The number of aldehydes is 1. The topological polar surface area (TPSA) is 35.5 Å². The Hall–Kier alpha value is -1.97. The molecule has 132 valence electrons. The highest BCUT2D eigenvalue weighted by Crippen LogP contribution is 2.48. The van der Waals surface area contributed by atoms with E-state index in [-0.39, 0.29) is 23.9 Å². The summed E-state index contributed by atoms with van der Waals surface area (Å²) in [4.78, 5) is 10.6. The van der Waals surface area contributed by atoms with E-state index in [1.54, 1.807) is 6.08 Å². The molecule has 3 rings (SSSR count). The molecule has 2 aliphatic rings. The standard InChI is InChI=1S/C22H26O3/c1-15(12-13-23)10-11-18-16(2)20-19(14-22(18,3)4)24-21(25-20)17-8-6-5-7-9-17/h5-13,19-21H,14H2,1-4H3/b11-10+,15-12+/t19-,20+,21?/m0/s1.